The Morgan fingerprint density at radius 3 is 2.80 bits per heavy atom. The van der Waals surface area contributed by atoms with Crippen LogP contribution in [0.15, 0.2) is 23.1 Å². The van der Waals surface area contributed by atoms with Crippen LogP contribution in [0, 0.1) is 16.0 Å². The van der Waals surface area contributed by atoms with E-state index in [0.717, 1.165) is 22.8 Å². The van der Waals surface area contributed by atoms with Crippen molar-refractivity contribution in [3.8, 4) is 5.75 Å². The lowest BCUT2D eigenvalue weighted by molar-refractivity contribution is -0.385. The van der Waals surface area contributed by atoms with Gasteiger partial charge in [-0.25, -0.2) is 0 Å². The lowest BCUT2D eigenvalue weighted by Gasteiger charge is -2.16. The topological polar surface area (TPSA) is 113 Å². The predicted octanol–water partition coefficient (Wildman–Crippen LogP) is 2.58. The highest BCUT2D eigenvalue weighted by molar-refractivity contribution is 8.26. The van der Waals surface area contributed by atoms with Gasteiger partial charge in [0.2, 0.25) is 5.91 Å². The van der Waals surface area contributed by atoms with Crippen LogP contribution in [0.2, 0.25) is 0 Å². The number of aromatic hydroxyl groups is 1. The van der Waals surface area contributed by atoms with E-state index in [9.17, 15) is 24.8 Å². The molecule has 1 fully saturated rings. The lowest BCUT2D eigenvalue weighted by Crippen LogP contribution is -2.45. The van der Waals surface area contributed by atoms with Gasteiger partial charge in [-0.1, -0.05) is 31.7 Å². The first kappa shape index (κ1) is 18.9. The highest BCUT2D eigenvalue weighted by Gasteiger charge is 2.33. The van der Waals surface area contributed by atoms with Gasteiger partial charge < -0.3 is 5.11 Å². The van der Waals surface area contributed by atoms with Gasteiger partial charge in [-0.2, -0.15) is 5.01 Å². The molecular weight excluding hydrogens is 366 g/mol. The number of hydrogen-bond acceptors (Lipinski definition) is 7. The van der Waals surface area contributed by atoms with Crippen molar-refractivity contribution in [2.45, 2.75) is 20.3 Å². The number of nitrogens with one attached hydrogen (secondary N) is 1. The van der Waals surface area contributed by atoms with E-state index >= 15 is 0 Å². The van der Waals surface area contributed by atoms with Crippen LogP contribution in [0.25, 0.3) is 6.08 Å². The van der Waals surface area contributed by atoms with Gasteiger partial charge in [-0.15, -0.1) is 0 Å². The summed E-state index contributed by atoms with van der Waals surface area (Å²) in [7, 11) is 0. The summed E-state index contributed by atoms with van der Waals surface area (Å²) in [6.45, 7) is 3.75. The Morgan fingerprint density at radius 2 is 2.20 bits per heavy atom. The number of thiocarbonyl (C=S) groups is 1. The molecule has 1 aliphatic rings. The van der Waals surface area contributed by atoms with E-state index in [-0.39, 0.29) is 27.5 Å². The van der Waals surface area contributed by atoms with Crippen molar-refractivity contribution >= 4 is 51.9 Å². The third-order valence-corrected chi connectivity index (χ3v) is 4.42. The molecule has 2 N–H and O–H groups in total. The molecule has 0 saturated carbocycles. The minimum absolute atomic E-state index is 0.131. The highest BCUT2D eigenvalue weighted by atomic mass is 32.2. The predicted molar refractivity (Wildman–Crippen MR) is 97.4 cm³/mol. The minimum Gasteiger partial charge on any atom is -0.502 e. The number of nitrogens with zero attached hydrogens (tertiary/aromatic N) is 2. The van der Waals surface area contributed by atoms with Gasteiger partial charge in [0.15, 0.2) is 10.1 Å². The van der Waals surface area contributed by atoms with Gasteiger partial charge >= 0.3 is 5.69 Å². The van der Waals surface area contributed by atoms with Crippen LogP contribution < -0.4 is 5.43 Å². The minimum atomic E-state index is -0.718. The molecule has 1 aromatic rings. The average molecular weight is 381 g/mol. The Kier molecular flexibility index (Phi) is 5.75. The summed E-state index contributed by atoms with van der Waals surface area (Å²) in [6, 6.07) is 3.76. The van der Waals surface area contributed by atoms with E-state index in [0.29, 0.717) is 5.56 Å². The SMILES string of the molecule is CC(C)CC(=O)NN1C(=O)/C(=C/c2ccc(O)c([N+](=O)[O-])c2)SC1=S. The van der Waals surface area contributed by atoms with E-state index < -0.39 is 22.3 Å². The van der Waals surface area contributed by atoms with Gasteiger partial charge in [0.05, 0.1) is 9.83 Å². The number of thioether (sulfide) groups is 1. The first-order chi connectivity index (χ1) is 11.7. The number of hydrazine groups is 1. The molecule has 0 atom stereocenters. The molecule has 25 heavy (non-hydrogen) atoms. The number of nitro groups is 1. The molecule has 0 bridgehead atoms. The Hall–Kier alpha value is -2.46. The number of hydrogen-bond donors (Lipinski definition) is 2. The molecule has 10 heteroatoms. The van der Waals surface area contributed by atoms with Crippen LogP contribution >= 0.6 is 24.0 Å². The summed E-state index contributed by atoms with van der Waals surface area (Å²) in [6.07, 6.45) is 1.67. The first-order valence-corrected chi connectivity index (χ1v) is 8.46. The number of nitro benzene ring substituents is 1. The van der Waals surface area contributed by atoms with E-state index in [1.54, 1.807) is 0 Å². The molecule has 1 aromatic carbocycles. The van der Waals surface area contributed by atoms with Crippen LogP contribution in [0.3, 0.4) is 0 Å². The standard InChI is InChI=1S/C15H15N3O5S2/c1-8(2)5-13(20)16-17-14(21)12(25-15(17)24)7-9-3-4-11(19)10(6-9)18(22)23/h3-4,6-8,19H,5H2,1-2H3,(H,16,20)/b12-7-. The van der Waals surface area contributed by atoms with Crippen molar-refractivity contribution in [1.29, 1.82) is 0 Å². The maximum atomic E-state index is 12.4. The average Bonchev–Trinajstić information content (AvgIpc) is 2.75. The second-order valence-corrected chi connectivity index (χ2v) is 7.33. The largest absolute Gasteiger partial charge is 0.502 e. The maximum Gasteiger partial charge on any atom is 0.311 e. The number of phenols is 1. The van der Waals surface area contributed by atoms with E-state index in [1.165, 1.54) is 18.2 Å². The van der Waals surface area contributed by atoms with Crippen LogP contribution in [-0.2, 0) is 9.59 Å². The van der Waals surface area contributed by atoms with E-state index in [4.69, 9.17) is 12.2 Å². The monoisotopic (exact) mass is 381 g/mol. The maximum absolute atomic E-state index is 12.4. The zero-order chi connectivity index (χ0) is 18.7. The molecule has 8 nitrogen and oxygen atoms in total. The summed E-state index contributed by atoms with van der Waals surface area (Å²) in [5.41, 5.74) is 2.35. The lowest BCUT2D eigenvalue weighted by atomic mass is 10.1. The van der Waals surface area contributed by atoms with Crippen molar-refractivity contribution < 1.29 is 19.6 Å². The number of carbonyl (C=O) groups is 2. The zero-order valence-corrected chi connectivity index (χ0v) is 15.0. The number of amides is 2. The summed E-state index contributed by atoms with van der Waals surface area (Å²) >= 11 is 6.07. The molecule has 1 heterocycles. The fraction of sp³-hybridized carbons (Fsp3) is 0.267. The van der Waals surface area contributed by atoms with Gasteiger partial charge in [-0.3, -0.25) is 25.1 Å². The number of benzene rings is 1. The van der Waals surface area contributed by atoms with Gasteiger partial charge in [0.1, 0.15) is 0 Å². The fourth-order valence-corrected chi connectivity index (χ4v) is 3.21. The second kappa shape index (κ2) is 7.62. The number of carbonyl (C=O) groups excluding carboxylic acids is 2. The third-order valence-electron chi connectivity index (χ3n) is 3.12. The fourth-order valence-electron chi connectivity index (χ4n) is 2.03. The second-order valence-electron chi connectivity index (χ2n) is 5.66. The van der Waals surface area contributed by atoms with E-state index in [2.05, 4.69) is 5.43 Å². The Balaban J connectivity index is 2.21. The van der Waals surface area contributed by atoms with Crippen molar-refractivity contribution in [3.05, 3.63) is 38.8 Å². The Bertz CT molecular complexity index is 791. The summed E-state index contributed by atoms with van der Waals surface area (Å²) in [5.74, 6) is -1.17. The molecule has 1 saturated heterocycles. The summed E-state index contributed by atoms with van der Waals surface area (Å²) in [5, 5.41) is 21.3. The van der Waals surface area contributed by atoms with Gasteiger partial charge in [-0.05, 0) is 35.8 Å². The van der Waals surface area contributed by atoms with E-state index in [1.807, 2.05) is 13.8 Å². The summed E-state index contributed by atoms with van der Waals surface area (Å²) in [4.78, 5) is 34.6. The molecule has 1 aliphatic heterocycles. The number of rotatable bonds is 5. The Labute approximate surface area is 153 Å². The Morgan fingerprint density at radius 1 is 1.52 bits per heavy atom. The molecule has 0 radical (unpaired) electrons. The van der Waals surface area contributed by atoms with Crippen LogP contribution in [0.1, 0.15) is 25.8 Å². The van der Waals surface area contributed by atoms with Gasteiger partial charge in [0, 0.05) is 12.5 Å². The van der Waals surface area contributed by atoms with Crippen molar-refractivity contribution in [2.75, 3.05) is 0 Å². The zero-order valence-electron chi connectivity index (χ0n) is 13.4. The van der Waals surface area contributed by atoms with Crippen LogP contribution in [0.4, 0.5) is 5.69 Å². The molecular formula is C15H15N3O5S2. The smallest absolute Gasteiger partial charge is 0.311 e. The third kappa shape index (κ3) is 4.54. The molecule has 0 aromatic heterocycles. The number of phenolic OH excluding ortho intramolecular Hbond substituents is 1. The van der Waals surface area contributed by atoms with Crippen molar-refractivity contribution in [3.63, 3.8) is 0 Å². The first-order valence-electron chi connectivity index (χ1n) is 7.24. The summed E-state index contributed by atoms with van der Waals surface area (Å²) < 4.78 is 0.168. The molecule has 0 spiro atoms. The van der Waals surface area contributed by atoms with Crippen LogP contribution in [0.5, 0.6) is 5.75 Å². The normalized spacial score (nSPS) is 16.0. The van der Waals surface area contributed by atoms with Gasteiger partial charge in [0.25, 0.3) is 5.91 Å². The quantitative estimate of drug-likeness (QED) is 0.349. The van der Waals surface area contributed by atoms with Crippen LogP contribution in [-0.4, -0.2) is 31.2 Å². The van der Waals surface area contributed by atoms with Crippen molar-refractivity contribution in [1.82, 2.24) is 10.4 Å². The molecule has 2 amide bonds. The highest BCUT2D eigenvalue weighted by Crippen LogP contribution is 2.33. The molecule has 2 rings (SSSR count). The molecule has 0 aliphatic carbocycles. The molecule has 0 unspecified atom stereocenters. The van der Waals surface area contributed by atoms with Crippen molar-refractivity contribution in [2.24, 2.45) is 5.92 Å². The molecule has 132 valence electrons.